The summed E-state index contributed by atoms with van der Waals surface area (Å²) in [6.07, 6.45) is 0. The zero-order valence-corrected chi connectivity index (χ0v) is 10.8. The number of rotatable bonds is 3. The van der Waals surface area contributed by atoms with Gasteiger partial charge in [0.25, 0.3) is 0 Å². The number of hydrogen-bond donors (Lipinski definition) is 0. The molecular formula is C12H16ClNO2. The van der Waals surface area contributed by atoms with E-state index >= 15 is 0 Å². The van der Waals surface area contributed by atoms with E-state index in [0.717, 1.165) is 11.3 Å². The highest BCUT2D eigenvalue weighted by atomic mass is 35.5. The summed E-state index contributed by atoms with van der Waals surface area (Å²) in [5, 5.41) is 0.433. The van der Waals surface area contributed by atoms with E-state index in [1.165, 1.54) is 0 Å². The third-order valence-corrected chi connectivity index (χ3v) is 2.47. The first kappa shape index (κ1) is 12.8. The number of anilines is 1. The van der Waals surface area contributed by atoms with E-state index in [4.69, 9.17) is 16.3 Å². The molecule has 0 aliphatic heterocycles. The summed E-state index contributed by atoms with van der Waals surface area (Å²) in [6.45, 7) is 4.05. The molecule has 0 aliphatic carbocycles. The first-order valence-corrected chi connectivity index (χ1v) is 5.49. The third kappa shape index (κ3) is 2.67. The maximum atomic E-state index is 11.8. The first-order chi connectivity index (χ1) is 7.47. The molecule has 88 valence electrons. The molecule has 0 aromatic heterocycles. The fourth-order valence-electron chi connectivity index (χ4n) is 1.48. The van der Waals surface area contributed by atoms with Crippen molar-refractivity contribution >= 4 is 23.3 Å². The van der Waals surface area contributed by atoms with Crippen molar-refractivity contribution in [3.8, 4) is 0 Å². The van der Waals surface area contributed by atoms with Gasteiger partial charge in [-0.25, -0.2) is 4.79 Å². The molecule has 16 heavy (non-hydrogen) atoms. The molecule has 0 radical (unpaired) electrons. The van der Waals surface area contributed by atoms with Crippen molar-refractivity contribution in [2.24, 2.45) is 0 Å². The van der Waals surface area contributed by atoms with E-state index in [1.54, 1.807) is 13.0 Å². The number of hydrogen-bond acceptors (Lipinski definition) is 3. The van der Waals surface area contributed by atoms with Crippen LogP contribution >= 0.6 is 11.6 Å². The van der Waals surface area contributed by atoms with Gasteiger partial charge >= 0.3 is 5.97 Å². The van der Waals surface area contributed by atoms with Crippen molar-refractivity contribution < 1.29 is 9.53 Å². The molecule has 4 heteroatoms. The molecule has 0 saturated carbocycles. The van der Waals surface area contributed by atoms with E-state index < -0.39 is 0 Å². The SMILES string of the molecule is CCOC(=O)c1c(Cl)cc(C)cc1N(C)C. The molecular weight excluding hydrogens is 226 g/mol. The molecule has 1 aromatic rings. The van der Waals surface area contributed by atoms with Gasteiger partial charge in [-0.3, -0.25) is 0 Å². The molecule has 0 N–H and O–H groups in total. The number of halogens is 1. The summed E-state index contributed by atoms with van der Waals surface area (Å²) < 4.78 is 4.99. The number of ether oxygens (including phenoxy) is 1. The lowest BCUT2D eigenvalue weighted by Gasteiger charge is -2.18. The van der Waals surface area contributed by atoms with Crippen molar-refractivity contribution in [3.05, 3.63) is 28.3 Å². The fraction of sp³-hybridized carbons (Fsp3) is 0.417. The van der Waals surface area contributed by atoms with Crippen LogP contribution in [0.3, 0.4) is 0 Å². The summed E-state index contributed by atoms with van der Waals surface area (Å²) in [7, 11) is 3.74. The number of carbonyl (C=O) groups excluding carboxylic acids is 1. The highest BCUT2D eigenvalue weighted by Crippen LogP contribution is 2.29. The molecule has 0 fully saturated rings. The van der Waals surface area contributed by atoms with E-state index in [1.807, 2.05) is 32.0 Å². The second kappa shape index (κ2) is 5.21. The van der Waals surface area contributed by atoms with Crippen LogP contribution in [0.5, 0.6) is 0 Å². The summed E-state index contributed by atoms with van der Waals surface area (Å²) >= 11 is 6.08. The van der Waals surface area contributed by atoms with Crippen LogP contribution in [-0.2, 0) is 4.74 Å². The molecule has 0 atom stereocenters. The van der Waals surface area contributed by atoms with Gasteiger partial charge in [-0.15, -0.1) is 0 Å². The zero-order chi connectivity index (χ0) is 12.3. The largest absolute Gasteiger partial charge is 0.462 e. The molecule has 0 spiro atoms. The summed E-state index contributed by atoms with van der Waals surface area (Å²) in [5.74, 6) is -0.379. The maximum absolute atomic E-state index is 11.8. The number of carbonyl (C=O) groups is 1. The summed E-state index contributed by atoms with van der Waals surface area (Å²) in [5.41, 5.74) is 2.23. The van der Waals surface area contributed by atoms with Crippen LogP contribution in [-0.4, -0.2) is 26.7 Å². The smallest absolute Gasteiger partial charge is 0.341 e. The highest BCUT2D eigenvalue weighted by molar-refractivity contribution is 6.34. The predicted octanol–water partition coefficient (Wildman–Crippen LogP) is 2.89. The van der Waals surface area contributed by atoms with Crippen molar-refractivity contribution in [1.29, 1.82) is 0 Å². The summed E-state index contributed by atoms with van der Waals surface area (Å²) in [4.78, 5) is 13.6. The van der Waals surface area contributed by atoms with Gasteiger partial charge in [0, 0.05) is 14.1 Å². The number of aryl methyl sites for hydroxylation is 1. The Bertz CT molecular complexity index is 402. The maximum Gasteiger partial charge on any atom is 0.341 e. The van der Waals surface area contributed by atoms with Crippen LogP contribution in [0, 0.1) is 6.92 Å². The quantitative estimate of drug-likeness (QED) is 0.763. The zero-order valence-electron chi connectivity index (χ0n) is 10.0. The Morgan fingerprint density at radius 3 is 2.56 bits per heavy atom. The Morgan fingerprint density at radius 2 is 2.06 bits per heavy atom. The lowest BCUT2D eigenvalue weighted by Crippen LogP contribution is -2.16. The van der Waals surface area contributed by atoms with Gasteiger partial charge in [-0.1, -0.05) is 11.6 Å². The molecule has 3 nitrogen and oxygen atoms in total. The lowest BCUT2D eigenvalue weighted by atomic mass is 10.1. The van der Waals surface area contributed by atoms with Gasteiger partial charge in [-0.2, -0.15) is 0 Å². The van der Waals surface area contributed by atoms with Crippen LogP contribution < -0.4 is 4.90 Å². The normalized spacial score (nSPS) is 10.1. The van der Waals surface area contributed by atoms with Gasteiger partial charge in [0.1, 0.15) is 5.56 Å². The molecule has 0 saturated heterocycles. The first-order valence-electron chi connectivity index (χ1n) is 5.12. The Balaban J connectivity index is 3.29. The lowest BCUT2D eigenvalue weighted by molar-refractivity contribution is 0.0527. The van der Waals surface area contributed by atoms with E-state index in [-0.39, 0.29) is 5.97 Å². The van der Waals surface area contributed by atoms with E-state index in [0.29, 0.717) is 17.2 Å². The molecule has 1 rings (SSSR count). The minimum absolute atomic E-state index is 0.343. The van der Waals surface area contributed by atoms with Crippen molar-refractivity contribution in [2.45, 2.75) is 13.8 Å². The number of nitrogens with zero attached hydrogens (tertiary/aromatic N) is 1. The highest BCUT2D eigenvalue weighted by Gasteiger charge is 2.18. The van der Waals surface area contributed by atoms with Gasteiger partial charge in [0.15, 0.2) is 0 Å². The van der Waals surface area contributed by atoms with Crippen molar-refractivity contribution in [1.82, 2.24) is 0 Å². The van der Waals surface area contributed by atoms with Gasteiger partial charge in [0.05, 0.1) is 17.3 Å². The predicted molar refractivity (Wildman–Crippen MR) is 66.5 cm³/mol. The second-order valence-electron chi connectivity index (χ2n) is 3.76. The van der Waals surface area contributed by atoms with Crippen molar-refractivity contribution in [2.75, 3.05) is 25.6 Å². The topological polar surface area (TPSA) is 29.5 Å². The van der Waals surface area contributed by atoms with Gasteiger partial charge in [-0.05, 0) is 31.5 Å². The van der Waals surface area contributed by atoms with Crippen LogP contribution in [0.25, 0.3) is 0 Å². The Hall–Kier alpha value is -1.22. The average molecular weight is 242 g/mol. The minimum Gasteiger partial charge on any atom is -0.462 e. The molecule has 0 amide bonds. The molecule has 0 aliphatic rings. The second-order valence-corrected chi connectivity index (χ2v) is 4.16. The third-order valence-electron chi connectivity index (χ3n) is 2.18. The molecule has 0 bridgehead atoms. The van der Waals surface area contributed by atoms with Crippen molar-refractivity contribution in [3.63, 3.8) is 0 Å². The van der Waals surface area contributed by atoms with E-state index in [9.17, 15) is 4.79 Å². The number of benzene rings is 1. The monoisotopic (exact) mass is 241 g/mol. The Kier molecular flexibility index (Phi) is 4.19. The van der Waals surface area contributed by atoms with Crippen LogP contribution in [0.15, 0.2) is 12.1 Å². The Labute approximate surface area is 101 Å². The summed E-state index contributed by atoms with van der Waals surface area (Å²) in [6, 6.07) is 3.68. The number of esters is 1. The molecule has 1 aromatic carbocycles. The van der Waals surface area contributed by atoms with Crippen LogP contribution in [0.4, 0.5) is 5.69 Å². The van der Waals surface area contributed by atoms with Crippen LogP contribution in [0.1, 0.15) is 22.8 Å². The molecule has 0 unspecified atom stereocenters. The van der Waals surface area contributed by atoms with Crippen LogP contribution in [0.2, 0.25) is 5.02 Å². The Morgan fingerprint density at radius 1 is 1.44 bits per heavy atom. The van der Waals surface area contributed by atoms with E-state index in [2.05, 4.69) is 0 Å². The van der Waals surface area contributed by atoms with Gasteiger partial charge < -0.3 is 9.64 Å². The average Bonchev–Trinajstić information content (AvgIpc) is 2.16. The fourth-order valence-corrected chi connectivity index (χ4v) is 1.83. The minimum atomic E-state index is -0.379. The standard InChI is InChI=1S/C12H16ClNO2/c1-5-16-12(15)11-9(13)6-8(2)7-10(11)14(3)4/h6-7H,5H2,1-4H3. The van der Waals surface area contributed by atoms with Gasteiger partial charge in [0.2, 0.25) is 0 Å². The molecule has 0 heterocycles.